The van der Waals surface area contributed by atoms with Gasteiger partial charge >= 0.3 is 39.5 Å². The van der Waals surface area contributed by atoms with Crippen LogP contribution in [0.1, 0.15) is 351 Å². The predicted molar refractivity (Wildman–Crippen MR) is 363 cm³/mol. The van der Waals surface area contributed by atoms with Crippen LogP contribution in [0, 0.1) is 23.7 Å². The van der Waals surface area contributed by atoms with Gasteiger partial charge in [0.05, 0.1) is 26.4 Å². The van der Waals surface area contributed by atoms with E-state index in [-0.39, 0.29) is 25.7 Å². The maximum Gasteiger partial charge on any atom is 0.472 e. The lowest BCUT2D eigenvalue weighted by Crippen LogP contribution is -2.30. The summed E-state index contributed by atoms with van der Waals surface area (Å²) >= 11 is 0. The molecule has 3 N–H and O–H groups in total. The lowest BCUT2D eigenvalue weighted by atomic mass is 9.99. The van der Waals surface area contributed by atoms with Crippen LogP contribution in [-0.4, -0.2) is 96.7 Å². The fourth-order valence-electron chi connectivity index (χ4n) is 10.6. The number of phosphoric acid groups is 2. The third-order valence-corrected chi connectivity index (χ3v) is 18.6. The van der Waals surface area contributed by atoms with Gasteiger partial charge in [0.1, 0.15) is 19.3 Å². The molecular weight excluding hydrogens is 1190 g/mol. The predicted octanol–water partition coefficient (Wildman–Crippen LogP) is 20.1. The summed E-state index contributed by atoms with van der Waals surface area (Å²) in [4.78, 5) is 72.6. The number of carbonyl (C=O) groups excluding carboxylic acids is 4. The number of ether oxygens (including phenoxy) is 4. The third kappa shape index (κ3) is 63.5. The number of aliphatic hydroxyl groups is 1. The van der Waals surface area contributed by atoms with Crippen LogP contribution in [0.25, 0.3) is 0 Å². The van der Waals surface area contributed by atoms with Gasteiger partial charge < -0.3 is 33.8 Å². The Morgan fingerprint density at radius 3 is 0.789 bits per heavy atom. The number of phosphoric ester groups is 2. The first-order valence-corrected chi connectivity index (χ1v) is 39.7. The van der Waals surface area contributed by atoms with Gasteiger partial charge in [-0.15, -0.1) is 0 Å². The fourth-order valence-corrected chi connectivity index (χ4v) is 12.2. The van der Waals surface area contributed by atoms with Crippen molar-refractivity contribution < 1.29 is 80.2 Å². The molecule has 0 aromatic rings. The second-order valence-corrected chi connectivity index (χ2v) is 30.2. The number of hydrogen-bond acceptors (Lipinski definition) is 15. The first-order chi connectivity index (χ1) is 43.1. The monoisotopic (exact) mass is 1320 g/mol. The van der Waals surface area contributed by atoms with Crippen LogP contribution in [0.2, 0.25) is 0 Å². The Bertz CT molecular complexity index is 1780. The number of hydrogen-bond donors (Lipinski definition) is 3. The minimum atomic E-state index is -4.95. The van der Waals surface area contributed by atoms with E-state index in [1.54, 1.807) is 0 Å². The Labute approximate surface area is 549 Å². The minimum absolute atomic E-state index is 0.105. The van der Waals surface area contributed by atoms with E-state index in [0.717, 1.165) is 114 Å². The van der Waals surface area contributed by atoms with Crippen molar-refractivity contribution in [2.75, 3.05) is 39.6 Å². The van der Waals surface area contributed by atoms with Gasteiger partial charge in [0.2, 0.25) is 0 Å². The number of rotatable bonds is 68. The molecule has 0 heterocycles. The molecule has 6 atom stereocenters. The van der Waals surface area contributed by atoms with E-state index in [4.69, 9.17) is 37.0 Å². The number of unbranched alkanes of at least 4 members (excludes halogenated alkanes) is 33. The van der Waals surface area contributed by atoms with Gasteiger partial charge in [0.25, 0.3) is 0 Å². The Hall–Kier alpha value is -1.94. The highest BCUT2D eigenvalue weighted by Crippen LogP contribution is 2.45. The first-order valence-electron chi connectivity index (χ1n) is 36.7. The van der Waals surface area contributed by atoms with E-state index in [1.165, 1.54) is 148 Å². The summed E-state index contributed by atoms with van der Waals surface area (Å²) in [6, 6.07) is 0. The quantitative estimate of drug-likeness (QED) is 0.0222. The molecule has 90 heavy (non-hydrogen) atoms. The van der Waals surface area contributed by atoms with Gasteiger partial charge in [-0.25, -0.2) is 9.13 Å². The van der Waals surface area contributed by atoms with Crippen molar-refractivity contribution in [3.05, 3.63) is 0 Å². The summed E-state index contributed by atoms with van der Waals surface area (Å²) in [6.45, 7) is 14.1. The Morgan fingerprint density at radius 2 is 0.533 bits per heavy atom. The highest BCUT2D eigenvalue weighted by Gasteiger charge is 2.30. The number of carbonyl (C=O) groups is 4. The van der Waals surface area contributed by atoms with Gasteiger partial charge in [0, 0.05) is 25.7 Å². The van der Waals surface area contributed by atoms with Crippen LogP contribution in [0.15, 0.2) is 0 Å². The Morgan fingerprint density at radius 1 is 0.311 bits per heavy atom. The Balaban J connectivity index is 5.26. The number of esters is 4. The topological polar surface area (TPSA) is 237 Å². The lowest BCUT2D eigenvalue weighted by molar-refractivity contribution is -0.161. The average Bonchev–Trinajstić information content (AvgIpc) is 3.71. The molecule has 0 saturated heterocycles. The molecule has 0 aliphatic heterocycles. The van der Waals surface area contributed by atoms with Crippen molar-refractivity contribution in [1.29, 1.82) is 0 Å². The highest BCUT2D eigenvalue weighted by molar-refractivity contribution is 7.47. The molecule has 0 aromatic carbocycles. The Kier molecular flexibility index (Phi) is 59.4. The summed E-state index contributed by atoms with van der Waals surface area (Å²) in [6.07, 6.45) is 43.0. The van der Waals surface area contributed by atoms with Gasteiger partial charge in [-0.2, -0.15) is 0 Å². The zero-order valence-corrected chi connectivity index (χ0v) is 60.6. The van der Waals surface area contributed by atoms with Crippen LogP contribution in [-0.2, 0) is 65.4 Å². The molecule has 0 bridgehead atoms. The van der Waals surface area contributed by atoms with E-state index < -0.39 is 97.5 Å². The van der Waals surface area contributed by atoms with E-state index in [0.29, 0.717) is 31.6 Å². The summed E-state index contributed by atoms with van der Waals surface area (Å²) in [5, 5.41) is 10.6. The van der Waals surface area contributed by atoms with Gasteiger partial charge in [-0.05, 0) is 49.4 Å². The van der Waals surface area contributed by atoms with Crippen molar-refractivity contribution in [3.63, 3.8) is 0 Å². The molecule has 0 spiro atoms. The van der Waals surface area contributed by atoms with Crippen LogP contribution < -0.4 is 0 Å². The van der Waals surface area contributed by atoms with Gasteiger partial charge in [-0.1, -0.05) is 299 Å². The molecular formula is C71H138O17P2. The van der Waals surface area contributed by atoms with E-state index in [1.807, 2.05) is 0 Å². The maximum atomic E-state index is 13.0. The molecule has 0 saturated carbocycles. The van der Waals surface area contributed by atoms with Crippen LogP contribution in [0.5, 0.6) is 0 Å². The van der Waals surface area contributed by atoms with Crippen molar-refractivity contribution >= 4 is 39.5 Å². The minimum Gasteiger partial charge on any atom is -0.462 e. The average molecular weight is 1330 g/mol. The van der Waals surface area contributed by atoms with Crippen molar-refractivity contribution in [1.82, 2.24) is 0 Å². The molecule has 0 aromatic heterocycles. The highest BCUT2D eigenvalue weighted by atomic mass is 31.2. The molecule has 17 nitrogen and oxygen atoms in total. The van der Waals surface area contributed by atoms with Crippen LogP contribution >= 0.6 is 15.6 Å². The lowest BCUT2D eigenvalue weighted by Gasteiger charge is -2.21. The second kappa shape index (κ2) is 60.7. The summed E-state index contributed by atoms with van der Waals surface area (Å²) < 4.78 is 68.3. The van der Waals surface area contributed by atoms with E-state index in [9.17, 15) is 43.2 Å². The van der Waals surface area contributed by atoms with Gasteiger partial charge in [0.15, 0.2) is 12.2 Å². The molecule has 19 heteroatoms. The molecule has 4 unspecified atom stereocenters. The molecule has 0 rings (SSSR count). The summed E-state index contributed by atoms with van der Waals surface area (Å²) in [7, 11) is -9.90. The normalized spacial score (nSPS) is 14.6. The molecule has 0 amide bonds. The maximum absolute atomic E-state index is 13.0. The van der Waals surface area contributed by atoms with Crippen molar-refractivity contribution in [2.45, 2.75) is 369 Å². The third-order valence-electron chi connectivity index (χ3n) is 16.7. The second-order valence-electron chi connectivity index (χ2n) is 27.3. The molecule has 0 fully saturated rings. The van der Waals surface area contributed by atoms with E-state index >= 15 is 0 Å². The standard InChI is InChI=1S/C71H138O17P2/c1-9-64(8)50-42-34-26-17-14-15-19-29-38-46-54-71(76)87-66(57-81-68(73)51-43-35-27-21-20-24-32-40-48-62(4)5)59-85-89(77,78)83-55-65(72)56-84-90(79,80)86-60-67(58-82-69(74)52-44-36-30-22-25-33-41-49-63(6)7)88-70(75)53-45-37-28-18-13-11-10-12-16-23-31-39-47-61(2)3/h61-67,72H,9-60H2,1-8H3,(H,77,78)(H,79,80)/t64?,65?,66-,67-/m1/s1. The summed E-state index contributed by atoms with van der Waals surface area (Å²) in [5.74, 6) is 0.882. The van der Waals surface area contributed by atoms with Crippen LogP contribution in [0.3, 0.4) is 0 Å². The van der Waals surface area contributed by atoms with Crippen molar-refractivity contribution in [3.8, 4) is 0 Å². The zero-order valence-electron chi connectivity index (χ0n) is 58.8. The largest absolute Gasteiger partial charge is 0.472 e. The molecule has 0 aliphatic rings. The summed E-state index contributed by atoms with van der Waals surface area (Å²) in [5.41, 5.74) is 0. The molecule has 0 aliphatic carbocycles. The molecule has 0 radical (unpaired) electrons. The molecule has 534 valence electrons. The smallest absolute Gasteiger partial charge is 0.462 e. The fraction of sp³-hybridized carbons (Fsp3) is 0.944. The SMILES string of the molecule is CCC(C)CCCCCCCCCCCCC(=O)O[C@H](COC(=O)CCCCCCCCCCC(C)C)COP(=O)(O)OCC(O)COP(=O)(O)OC[C@@H](COC(=O)CCCCCCCCCC(C)C)OC(=O)CCCCCCCCCCCCCCC(C)C. The van der Waals surface area contributed by atoms with Crippen molar-refractivity contribution in [2.24, 2.45) is 23.7 Å². The van der Waals surface area contributed by atoms with E-state index in [2.05, 4.69) is 55.4 Å². The number of aliphatic hydroxyl groups excluding tert-OH is 1. The van der Waals surface area contributed by atoms with Gasteiger partial charge in [-0.3, -0.25) is 37.3 Å². The first kappa shape index (κ1) is 88.1. The van der Waals surface area contributed by atoms with Crippen LogP contribution in [0.4, 0.5) is 0 Å². The zero-order chi connectivity index (χ0) is 66.8.